The van der Waals surface area contributed by atoms with Crippen molar-refractivity contribution >= 4 is 11.9 Å². The first-order chi connectivity index (χ1) is 16.2. The number of aryl methyl sites for hydroxylation is 1. The summed E-state index contributed by atoms with van der Waals surface area (Å²) in [5.41, 5.74) is -0.398. The molecule has 34 heavy (non-hydrogen) atoms. The number of nitrogens with one attached hydrogen (secondary N) is 1. The summed E-state index contributed by atoms with van der Waals surface area (Å²) in [6.07, 6.45) is 3.98. The summed E-state index contributed by atoms with van der Waals surface area (Å²) in [5, 5.41) is 24.8. The van der Waals surface area contributed by atoms with Gasteiger partial charge in [0, 0.05) is 18.7 Å². The number of benzene rings is 1. The van der Waals surface area contributed by atoms with Gasteiger partial charge < -0.3 is 29.7 Å². The van der Waals surface area contributed by atoms with Gasteiger partial charge in [0.2, 0.25) is 0 Å². The van der Waals surface area contributed by atoms with Gasteiger partial charge in [-0.05, 0) is 81.3 Å². The topological polar surface area (TPSA) is 121 Å². The van der Waals surface area contributed by atoms with Crippen molar-refractivity contribution in [3.05, 3.63) is 35.2 Å². The zero-order valence-electron chi connectivity index (χ0n) is 20.1. The average molecular weight is 479 g/mol. The number of hydrogen-bond acceptors (Lipinski definition) is 8. The van der Waals surface area contributed by atoms with Gasteiger partial charge in [0.15, 0.2) is 5.67 Å². The van der Waals surface area contributed by atoms with Crippen molar-refractivity contribution in [2.45, 2.75) is 58.2 Å². The second-order valence-corrected chi connectivity index (χ2v) is 9.31. The summed E-state index contributed by atoms with van der Waals surface area (Å²) in [7, 11) is 0. The minimum absolute atomic E-state index is 0.00480. The summed E-state index contributed by atoms with van der Waals surface area (Å²) in [6, 6.07) is 4.58. The maximum absolute atomic E-state index is 13.9. The van der Waals surface area contributed by atoms with Crippen LogP contribution >= 0.6 is 0 Å². The zero-order valence-corrected chi connectivity index (χ0v) is 20.1. The standard InChI is InChI=1S/C24H35FN4O5/c1-16-13-19(6-7-20(16)21(32)26-18(14-30)15-31)33-12-4-5-17-8-10-29(11-9-17)23-27-22(34-28-23)24(2,3)25/h6-7,13,17-18,30-31H,4-5,8-12,14-15H2,1-3H3,(H,26,32). The summed E-state index contributed by atoms with van der Waals surface area (Å²) < 4.78 is 24.9. The summed E-state index contributed by atoms with van der Waals surface area (Å²) >= 11 is 0. The van der Waals surface area contributed by atoms with Gasteiger partial charge in [-0.15, -0.1) is 0 Å². The van der Waals surface area contributed by atoms with E-state index in [0.29, 0.717) is 29.8 Å². The monoisotopic (exact) mass is 478 g/mol. The Balaban J connectivity index is 1.38. The third-order valence-corrected chi connectivity index (χ3v) is 6.07. The molecule has 0 unspecified atom stereocenters. The number of piperidine rings is 1. The van der Waals surface area contributed by atoms with Gasteiger partial charge in [-0.1, -0.05) is 0 Å². The van der Waals surface area contributed by atoms with Gasteiger partial charge in [-0.25, -0.2) is 4.39 Å². The molecule has 1 amide bonds. The van der Waals surface area contributed by atoms with E-state index in [2.05, 4.69) is 15.5 Å². The van der Waals surface area contributed by atoms with Crippen molar-refractivity contribution in [3.8, 4) is 5.75 Å². The van der Waals surface area contributed by atoms with Crippen molar-refractivity contribution in [2.75, 3.05) is 37.8 Å². The van der Waals surface area contributed by atoms with Crippen LogP contribution in [0.1, 0.15) is 61.3 Å². The Hall–Kier alpha value is -2.72. The summed E-state index contributed by atoms with van der Waals surface area (Å²) in [6.45, 7) is 6.19. The van der Waals surface area contributed by atoms with E-state index in [4.69, 9.17) is 19.5 Å². The molecule has 1 fully saturated rings. The molecule has 2 aromatic rings. The highest BCUT2D eigenvalue weighted by molar-refractivity contribution is 5.96. The Morgan fingerprint density at radius 1 is 1.32 bits per heavy atom. The molecular weight excluding hydrogens is 443 g/mol. The number of alkyl halides is 1. The molecule has 0 aliphatic carbocycles. The molecule has 1 aromatic carbocycles. The van der Waals surface area contributed by atoms with E-state index in [1.165, 1.54) is 13.8 Å². The van der Waals surface area contributed by atoms with E-state index >= 15 is 0 Å². The summed E-state index contributed by atoms with van der Waals surface area (Å²) in [4.78, 5) is 18.5. The van der Waals surface area contributed by atoms with Crippen LogP contribution in [0.15, 0.2) is 22.7 Å². The SMILES string of the molecule is Cc1cc(OCCCC2CCN(c3noc(C(C)(C)F)n3)CC2)ccc1C(=O)NC(CO)CO. The van der Waals surface area contributed by atoms with E-state index in [0.717, 1.165) is 44.3 Å². The van der Waals surface area contributed by atoms with Crippen molar-refractivity contribution < 1.29 is 28.7 Å². The van der Waals surface area contributed by atoms with Crippen LogP contribution in [-0.2, 0) is 5.67 Å². The number of ether oxygens (including phenoxy) is 1. The quantitative estimate of drug-likeness (QED) is 0.422. The van der Waals surface area contributed by atoms with Crippen LogP contribution in [0.5, 0.6) is 5.75 Å². The Labute approximate surface area is 199 Å². The van der Waals surface area contributed by atoms with Crippen LogP contribution in [0.4, 0.5) is 10.3 Å². The number of aromatic nitrogens is 2. The lowest BCUT2D eigenvalue weighted by Crippen LogP contribution is -2.40. The molecule has 1 saturated heterocycles. The Bertz CT molecular complexity index is 934. The van der Waals surface area contributed by atoms with Gasteiger partial charge in [0.25, 0.3) is 17.7 Å². The van der Waals surface area contributed by atoms with Gasteiger partial charge in [0.05, 0.1) is 25.9 Å². The first kappa shape index (κ1) is 25.9. The van der Waals surface area contributed by atoms with E-state index in [1.54, 1.807) is 12.1 Å². The second-order valence-electron chi connectivity index (χ2n) is 9.31. The molecule has 3 rings (SSSR count). The number of nitrogens with zero attached hydrogens (tertiary/aromatic N) is 3. The van der Waals surface area contributed by atoms with Crippen LogP contribution in [0.2, 0.25) is 0 Å². The molecule has 1 aliphatic heterocycles. The minimum atomic E-state index is -1.64. The van der Waals surface area contributed by atoms with Crippen LogP contribution in [0.25, 0.3) is 0 Å². The smallest absolute Gasteiger partial charge is 0.266 e. The van der Waals surface area contributed by atoms with Crippen LogP contribution in [-0.4, -0.2) is 65.2 Å². The molecule has 2 heterocycles. The lowest BCUT2D eigenvalue weighted by Gasteiger charge is -2.30. The van der Waals surface area contributed by atoms with Crippen molar-refractivity contribution in [2.24, 2.45) is 5.92 Å². The first-order valence-corrected chi connectivity index (χ1v) is 11.7. The lowest BCUT2D eigenvalue weighted by molar-refractivity contribution is 0.0878. The fraction of sp³-hybridized carbons (Fsp3) is 0.625. The maximum atomic E-state index is 13.9. The first-order valence-electron chi connectivity index (χ1n) is 11.7. The molecule has 0 bridgehead atoms. The zero-order chi connectivity index (χ0) is 24.7. The molecule has 9 nitrogen and oxygen atoms in total. The molecule has 0 atom stereocenters. The molecule has 1 aliphatic rings. The third kappa shape index (κ3) is 6.89. The van der Waals surface area contributed by atoms with Crippen LogP contribution in [0.3, 0.4) is 0 Å². The highest BCUT2D eigenvalue weighted by Gasteiger charge is 2.29. The van der Waals surface area contributed by atoms with Crippen molar-refractivity contribution in [1.82, 2.24) is 15.5 Å². The maximum Gasteiger partial charge on any atom is 0.266 e. The molecular formula is C24H35FN4O5. The van der Waals surface area contributed by atoms with Gasteiger partial charge in [-0.3, -0.25) is 4.79 Å². The molecule has 188 valence electrons. The number of carbonyl (C=O) groups excluding carboxylic acids is 1. The van der Waals surface area contributed by atoms with Crippen LogP contribution in [0, 0.1) is 12.8 Å². The summed E-state index contributed by atoms with van der Waals surface area (Å²) in [5.74, 6) is 1.41. The fourth-order valence-corrected chi connectivity index (χ4v) is 3.96. The molecule has 3 N–H and O–H groups in total. The normalized spacial score (nSPS) is 15.1. The Morgan fingerprint density at radius 2 is 2.03 bits per heavy atom. The van der Waals surface area contributed by atoms with Crippen LogP contribution < -0.4 is 15.0 Å². The van der Waals surface area contributed by atoms with Gasteiger partial charge in [0.1, 0.15) is 5.75 Å². The molecule has 1 aromatic heterocycles. The highest BCUT2D eigenvalue weighted by atomic mass is 19.1. The number of carbonyl (C=O) groups is 1. The molecule has 0 spiro atoms. The lowest BCUT2D eigenvalue weighted by atomic mass is 9.92. The number of aliphatic hydroxyl groups is 2. The van der Waals surface area contributed by atoms with Crippen molar-refractivity contribution in [3.63, 3.8) is 0 Å². The van der Waals surface area contributed by atoms with E-state index in [1.807, 2.05) is 17.9 Å². The predicted molar refractivity (Wildman–Crippen MR) is 125 cm³/mol. The Kier molecular flexibility index (Phi) is 8.84. The van der Waals surface area contributed by atoms with E-state index < -0.39 is 11.7 Å². The molecule has 0 radical (unpaired) electrons. The van der Waals surface area contributed by atoms with Gasteiger partial charge >= 0.3 is 0 Å². The molecule has 0 saturated carbocycles. The number of hydrogen-bond donors (Lipinski definition) is 3. The average Bonchev–Trinajstić information content (AvgIpc) is 3.32. The van der Waals surface area contributed by atoms with Crippen molar-refractivity contribution in [1.29, 1.82) is 0 Å². The predicted octanol–water partition coefficient (Wildman–Crippen LogP) is 2.74. The van der Waals surface area contributed by atoms with E-state index in [-0.39, 0.29) is 25.0 Å². The number of halogens is 1. The fourth-order valence-electron chi connectivity index (χ4n) is 3.96. The minimum Gasteiger partial charge on any atom is -0.494 e. The van der Waals surface area contributed by atoms with Gasteiger partial charge in [-0.2, -0.15) is 4.98 Å². The highest BCUT2D eigenvalue weighted by Crippen LogP contribution is 2.28. The number of rotatable bonds is 11. The largest absolute Gasteiger partial charge is 0.494 e. The number of anilines is 1. The number of aliphatic hydroxyl groups excluding tert-OH is 2. The Morgan fingerprint density at radius 3 is 2.62 bits per heavy atom. The van der Waals surface area contributed by atoms with E-state index in [9.17, 15) is 9.18 Å². The third-order valence-electron chi connectivity index (χ3n) is 6.07. The second kappa shape index (κ2) is 11.6. The number of amides is 1. The molecule has 10 heteroatoms.